The lowest BCUT2D eigenvalue weighted by molar-refractivity contribution is 0.256. The van der Waals surface area contributed by atoms with E-state index in [0.29, 0.717) is 0 Å². The Balaban J connectivity index is 0.00000169. The summed E-state index contributed by atoms with van der Waals surface area (Å²) in [6, 6.07) is 7.95. The second-order valence-electron chi connectivity index (χ2n) is 3.17. The van der Waals surface area contributed by atoms with Crippen molar-refractivity contribution in [2.75, 3.05) is 0 Å². The third-order valence-electron chi connectivity index (χ3n) is 1.46. The molecule has 1 aromatic rings. The van der Waals surface area contributed by atoms with Gasteiger partial charge < -0.3 is 9.05 Å². The average Bonchev–Trinajstić information content (AvgIpc) is 2.08. The van der Waals surface area contributed by atoms with Crippen molar-refractivity contribution >= 4 is 21.4 Å². The Morgan fingerprint density at radius 3 is 2.21 bits per heavy atom. The van der Waals surface area contributed by atoms with Crippen LogP contribution in [0.3, 0.4) is 0 Å². The van der Waals surface area contributed by atoms with Crippen LogP contribution in [0.15, 0.2) is 24.3 Å². The van der Waals surface area contributed by atoms with Gasteiger partial charge in [-0.1, -0.05) is 17.7 Å². The van der Waals surface area contributed by atoms with Gasteiger partial charge in [0.15, 0.2) is 0 Å². The van der Waals surface area contributed by atoms with Crippen molar-refractivity contribution in [1.82, 2.24) is 0 Å². The summed E-state index contributed by atoms with van der Waals surface area (Å²) in [5.74, 6) is 0.865. The van der Waals surface area contributed by atoms with Gasteiger partial charge in [0, 0.05) is 0 Å². The minimum absolute atomic E-state index is 0. The first kappa shape index (κ1) is 13.7. The van der Waals surface area contributed by atoms with Crippen molar-refractivity contribution < 1.29 is 9.05 Å². The van der Waals surface area contributed by atoms with Crippen LogP contribution in [-0.4, -0.2) is 6.10 Å². The molecule has 1 atom stereocenters. The first-order valence-electron chi connectivity index (χ1n) is 4.32. The minimum Gasteiger partial charge on any atom is -0.450 e. The van der Waals surface area contributed by atoms with Gasteiger partial charge in [0.1, 0.15) is 5.75 Å². The summed E-state index contributed by atoms with van der Waals surface area (Å²) in [7, 11) is 0.0868. The van der Waals surface area contributed by atoms with Gasteiger partial charge in [-0.15, -0.1) is 12.4 Å². The third kappa shape index (κ3) is 5.43. The summed E-state index contributed by atoms with van der Waals surface area (Å²) in [5.41, 5.74) is 1.24. The van der Waals surface area contributed by atoms with E-state index in [4.69, 9.17) is 9.05 Å². The van der Waals surface area contributed by atoms with Crippen LogP contribution in [0.2, 0.25) is 0 Å². The predicted molar refractivity (Wildman–Crippen MR) is 63.6 cm³/mol. The highest BCUT2D eigenvalue weighted by molar-refractivity contribution is 7.26. The van der Waals surface area contributed by atoms with Crippen molar-refractivity contribution in [2.45, 2.75) is 26.9 Å². The van der Waals surface area contributed by atoms with Gasteiger partial charge in [-0.25, -0.2) is 0 Å². The van der Waals surface area contributed by atoms with Gasteiger partial charge in [-0.3, -0.25) is 0 Å². The number of halogens is 1. The molecule has 0 radical (unpaired) electrons. The number of benzene rings is 1. The largest absolute Gasteiger partial charge is 0.450 e. The molecule has 0 fully saturated rings. The van der Waals surface area contributed by atoms with E-state index < -0.39 is 0 Å². The highest BCUT2D eigenvalue weighted by Crippen LogP contribution is 2.22. The minimum atomic E-state index is 0. The number of hydrogen-bond donors (Lipinski definition) is 0. The molecule has 0 aliphatic heterocycles. The van der Waals surface area contributed by atoms with Crippen LogP contribution in [0.25, 0.3) is 0 Å². The van der Waals surface area contributed by atoms with Gasteiger partial charge in [-0.05, 0) is 32.9 Å². The third-order valence-corrected chi connectivity index (χ3v) is 2.35. The molecule has 0 spiro atoms. The zero-order valence-electron chi connectivity index (χ0n) is 8.61. The maximum Gasteiger partial charge on any atom is 0.215 e. The predicted octanol–water partition coefficient (Wildman–Crippen LogP) is 3.73. The van der Waals surface area contributed by atoms with E-state index in [2.05, 4.69) is 6.92 Å². The summed E-state index contributed by atoms with van der Waals surface area (Å²) >= 11 is 0. The molecule has 14 heavy (non-hydrogen) atoms. The van der Waals surface area contributed by atoms with Crippen molar-refractivity contribution in [3.8, 4) is 5.75 Å². The van der Waals surface area contributed by atoms with Crippen LogP contribution < -0.4 is 4.52 Å². The normalized spacial score (nSPS) is 10.6. The summed E-state index contributed by atoms with van der Waals surface area (Å²) < 4.78 is 10.7. The number of aryl methyl sites for hydroxylation is 1. The number of hydrogen-bond acceptors (Lipinski definition) is 2. The zero-order chi connectivity index (χ0) is 9.68. The summed E-state index contributed by atoms with van der Waals surface area (Å²) in [6.45, 7) is 6.04. The van der Waals surface area contributed by atoms with Crippen LogP contribution in [0.5, 0.6) is 5.75 Å². The molecule has 1 rings (SSSR count). The summed E-state index contributed by atoms with van der Waals surface area (Å²) in [6.07, 6.45) is 0.226. The molecule has 0 bridgehead atoms. The first-order chi connectivity index (χ1) is 6.18. The quantitative estimate of drug-likeness (QED) is 0.739. The van der Waals surface area contributed by atoms with Gasteiger partial charge in [0.25, 0.3) is 0 Å². The molecule has 0 aliphatic carbocycles. The van der Waals surface area contributed by atoms with E-state index in [0.717, 1.165) is 5.75 Å². The highest BCUT2D eigenvalue weighted by Gasteiger charge is 1.95. The molecule has 0 amide bonds. The van der Waals surface area contributed by atoms with E-state index in [9.17, 15) is 0 Å². The Morgan fingerprint density at radius 1 is 1.14 bits per heavy atom. The Labute approximate surface area is 93.4 Å². The van der Waals surface area contributed by atoms with E-state index in [1.165, 1.54) is 5.56 Å². The molecule has 0 aliphatic rings. The molecule has 0 heterocycles. The lowest BCUT2D eigenvalue weighted by Crippen LogP contribution is -1.94. The van der Waals surface area contributed by atoms with Gasteiger partial charge in [0.2, 0.25) is 9.03 Å². The van der Waals surface area contributed by atoms with Gasteiger partial charge in [-0.2, -0.15) is 0 Å². The van der Waals surface area contributed by atoms with Gasteiger partial charge >= 0.3 is 0 Å². The Morgan fingerprint density at radius 2 is 1.71 bits per heavy atom. The van der Waals surface area contributed by atoms with Gasteiger partial charge in [0.05, 0.1) is 6.10 Å². The smallest absolute Gasteiger partial charge is 0.215 e. The summed E-state index contributed by atoms with van der Waals surface area (Å²) in [4.78, 5) is 0. The molecule has 0 N–H and O–H groups in total. The average molecular weight is 235 g/mol. The molecular weight excluding hydrogens is 219 g/mol. The molecule has 0 aromatic heterocycles. The maximum atomic E-state index is 5.38. The SMILES string of the molecule is Cc1ccc(OPOC(C)C)cc1.Cl. The van der Waals surface area contributed by atoms with Crippen molar-refractivity contribution in [2.24, 2.45) is 0 Å². The van der Waals surface area contributed by atoms with Crippen LogP contribution in [-0.2, 0) is 4.52 Å². The van der Waals surface area contributed by atoms with Crippen molar-refractivity contribution in [3.63, 3.8) is 0 Å². The maximum absolute atomic E-state index is 5.38. The standard InChI is InChI=1S/C10H15O2P.ClH/c1-8(2)11-13-12-10-6-4-9(3)5-7-10;/h4-8,13H,1-3H3;1H. The fourth-order valence-corrected chi connectivity index (χ4v) is 1.25. The molecule has 80 valence electrons. The Kier molecular flexibility index (Phi) is 6.90. The fraction of sp³-hybridized carbons (Fsp3) is 0.400. The van der Waals surface area contributed by atoms with Crippen LogP contribution >= 0.6 is 21.4 Å². The second-order valence-corrected chi connectivity index (χ2v) is 3.77. The van der Waals surface area contributed by atoms with Crippen molar-refractivity contribution in [3.05, 3.63) is 29.8 Å². The molecule has 4 heteroatoms. The number of rotatable bonds is 4. The lowest BCUT2D eigenvalue weighted by atomic mass is 10.2. The van der Waals surface area contributed by atoms with E-state index in [1.54, 1.807) is 0 Å². The van der Waals surface area contributed by atoms with Crippen LogP contribution in [0.1, 0.15) is 19.4 Å². The first-order valence-corrected chi connectivity index (χ1v) is 5.14. The van der Waals surface area contributed by atoms with E-state index in [-0.39, 0.29) is 27.5 Å². The molecule has 2 nitrogen and oxygen atoms in total. The zero-order valence-corrected chi connectivity index (χ0v) is 10.4. The Hall–Kier alpha value is -0.300. The van der Waals surface area contributed by atoms with Crippen LogP contribution in [0, 0.1) is 6.92 Å². The monoisotopic (exact) mass is 234 g/mol. The second kappa shape index (κ2) is 7.05. The van der Waals surface area contributed by atoms with Crippen LogP contribution in [0.4, 0.5) is 0 Å². The van der Waals surface area contributed by atoms with Crippen molar-refractivity contribution in [1.29, 1.82) is 0 Å². The highest BCUT2D eigenvalue weighted by atomic mass is 35.5. The molecule has 0 saturated carbocycles. The van der Waals surface area contributed by atoms with E-state index in [1.807, 2.05) is 38.1 Å². The fourth-order valence-electron chi connectivity index (χ4n) is 0.775. The topological polar surface area (TPSA) is 18.5 Å². The Bertz CT molecular complexity index is 249. The molecule has 1 unspecified atom stereocenters. The molecular formula is C10H16ClO2P. The summed E-state index contributed by atoms with van der Waals surface area (Å²) in [5, 5.41) is 0. The molecule has 0 saturated heterocycles. The lowest BCUT2D eigenvalue weighted by Gasteiger charge is -2.08. The van der Waals surface area contributed by atoms with E-state index >= 15 is 0 Å². The molecule has 1 aromatic carbocycles.